The van der Waals surface area contributed by atoms with Gasteiger partial charge in [-0.2, -0.15) is 0 Å². The summed E-state index contributed by atoms with van der Waals surface area (Å²) in [6.07, 6.45) is -0.145. The molecule has 0 aromatic rings. The molecular formula is C12H22O3Si. The summed E-state index contributed by atoms with van der Waals surface area (Å²) in [6, 6.07) is 0. The molecule has 0 amide bonds. The number of hydrogen-bond acceptors (Lipinski definition) is 3. The van der Waals surface area contributed by atoms with Crippen LogP contribution in [0.3, 0.4) is 0 Å². The van der Waals surface area contributed by atoms with Crippen LogP contribution in [-0.4, -0.2) is 38.8 Å². The summed E-state index contributed by atoms with van der Waals surface area (Å²) in [5.74, 6) is 5.91. The summed E-state index contributed by atoms with van der Waals surface area (Å²) in [5.41, 5.74) is 0. The van der Waals surface area contributed by atoms with Gasteiger partial charge in [0, 0.05) is 0 Å². The SMILES string of the molecule is CC(C)(C)[Si](C)(C)OCC#C[C@@H]1O[C@H]1CO. The Labute approximate surface area is 99.3 Å². The van der Waals surface area contributed by atoms with E-state index in [1.54, 1.807) is 0 Å². The second kappa shape index (κ2) is 4.88. The lowest BCUT2D eigenvalue weighted by atomic mass is 10.2. The second-order valence-electron chi connectivity index (χ2n) is 5.65. The quantitative estimate of drug-likeness (QED) is 0.466. The van der Waals surface area contributed by atoms with E-state index < -0.39 is 8.32 Å². The molecule has 3 nitrogen and oxygen atoms in total. The highest BCUT2D eigenvalue weighted by Gasteiger charge is 2.37. The van der Waals surface area contributed by atoms with Gasteiger partial charge in [-0.05, 0) is 18.1 Å². The first-order valence-corrected chi connectivity index (χ1v) is 8.57. The molecule has 0 saturated carbocycles. The van der Waals surface area contributed by atoms with Crippen molar-refractivity contribution in [3.8, 4) is 11.8 Å². The van der Waals surface area contributed by atoms with Gasteiger partial charge in [-0.25, -0.2) is 0 Å². The van der Waals surface area contributed by atoms with Crippen molar-refractivity contribution in [2.75, 3.05) is 13.2 Å². The molecule has 4 heteroatoms. The molecule has 1 aliphatic heterocycles. The minimum atomic E-state index is -1.67. The molecule has 92 valence electrons. The van der Waals surface area contributed by atoms with Gasteiger partial charge in [0.15, 0.2) is 8.32 Å². The maximum absolute atomic E-state index is 8.75. The lowest BCUT2D eigenvalue weighted by Crippen LogP contribution is -2.40. The average Bonchev–Trinajstić information content (AvgIpc) is 2.89. The van der Waals surface area contributed by atoms with Crippen molar-refractivity contribution in [1.82, 2.24) is 0 Å². The van der Waals surface area contributed by atoms with Crippen LogP contribution in [0.5, 0.6) is 0 Å². The van der Waals surface area contributed by atoms with Crippen LogP contribution in [0, 0.1) is 11.8 Å². The molecule has 16 heavy (non-hydrogen) atoms. The molecule has 0 spiro atoms. The molecule has 0 bridgehead atoms. The van der Waals surface area contributed by atoms with Crippen molar-refractivity contribution in [3.63, 3.8) is 0 Å². The third-order valence-electron chi connectivity index (χ3n) is 3.32. The zero-order valence-corrected chi connectivity index (χ0v) is 11.8. The van der Waals surface area contributed by atoms with Crippen molar-refractivity contribution in [2.24, 2.45) is 0 Å². The predicted octanol–water partition coefficient (Wildman–Crippen LogP) is 1.77. The molecule has 0 unspecified atom stereocenters. The minimum absolute atomic E-state index is 0.0580. The summed E-state index contributed by atoms with van der Waals surface area (Å²) >= 11 is 0. The van der Waals surface area contributed by atoms with Gasteiger partial charge >= 0.3 is 0 Å². The highest BCUT2D eigenvalue weighted by Crippen LogP contribution is 2.36. The molecule has 1 heterocycles. The molecule has 1 fully saturated rings. The van der Waals surface area contributed by atoms with Crippen molar-refractivity contribution >= 4 is 8.32 Å². The summed E-state index contributed by atoms with van der Waals surface area (Å²) in [6.45, 7) is 11.6. The minimum Gasteiger partial charge on any atom is -0.406 e. The maximum Gasteiger partial charge on any atom is 0.193 e. The van der Waals surface area contributed by atoms with Crippen LogP contribution < -0.4 is 0 Å². The van der Waals surface area contributed by atoms with Crippen molar-refractivity contribution in [2.45, 2.75) is 51.1 Å². The molecule has 0 aromatic heterocycles. The number of aliphatic hydroxyl groups excluding tert-OH is 1. The van der Waals surface area contributed by atoms with Gasteiger partial charge in [0.05, 0.1) is 13.2 Å². The normalized spacial score (nSPS) is 24.9. The van der Waals surface area contributed by atoms with Crippen LogP contribution in [-0.2, 0) is 9.16 Å². The molecule has 1 saturated heterocycles. The molecule has 2 atom stereocenters. The van der Waals surface area contributed by atoms with E-state index in [2.05, 4.69) is 45.7 Å². The Hall–Kier alpha value is -0.343. The predicted molar refractivity (Wildman–Crippen MR) is 66.7 cm³/mol. The van der Waals surface area contributed by atoms with Crippen LogP contribution in [0.2, 0.25) is 18.1 Å². The van der Waals surface area contributed by atoms with E-state index in [1.807, 2.05) is 0 Å². The number of ether oxygens (including phenoxy) is 1. The van der Waals surface area contributed by atoms with E-state index in [1.165, 1.54) is 0 Å². The fourth-order valence-electron chi connectivity index (χ4n) is 0.984. The number of aliphatic hydroxyl groups is 1. The van der Waals surface area contributed by atoms with Crippen molar-refractivity contribution in [3.05, 3.63) is 0 Å². The zero-order valence-electron chi connectivity index (χ0n) is 10.8. The third kappa shape index (κ3) is 3.60. The molecule has 0 radical (unpaired) electrons. The highest BCUT2D eigenvalue weighted by atomic mass is 28.4. The molecule has 0 aromatic carbocycles. The monoisotopic (exact) mass is 242 g/mol. The Kier molecular flexibility index (Phi) is 4.19. The van der Waals surface area contributed by atoms with Gasteiger partial charge in [-0.15, -0.1) is 0 Å². The van der Waals surface area contributed by atoms with E-state index in [0.717, 1.165) is 0 Å². The molecule has 1 aliphatic rings. The van der Waals surface area contributed by atoms with E-state index in [-0.39, 0.29) is 23.9 Å². The van der Waals surface area contributed by atoms with Gasteiger partial charge in [-0.1, -0.05) is 32.6 Å². The van der Waals surface area contributed by atoms with Crippen molar-refractivity contribution in [1.29, 1.82) is 0 Å². The maximum atomic E-state index is 8.75. The smallest absolute Gasteiger partial charge is 0.193 e. The van der Waals surface area contributed by atoms with Gasteiger partial charge in [0.1, 0.15) is 12.2 Å². The molecular weight excluding hydrogens is 220 g/mol. The molecule has 1 N–H and O–H groups in total. The van der Waals surface area contributed by atoms with E-state index in [4.69, 9.17) is 14.3 Å². The fraction of sp³-hybridized carbons (Fsp3) is 0.833. The van der Waals surface area contributed by atoms with Gasteiger partial charge < -0.3 is 14.3 Å². The highest BCUT2D eigenvalue weighted by molar-refractivity contribution is 6.74. The Morgan fingerprint density at radius 3 is 2.44 bits per heavy atom. The van der Waals surface area contributed by atoms with E-state index in [0.29, 0.717) is 6.61 Å². The summed E-state index contributed by atoms with van der Waals surface area (Å²) < 4.78 is 11.0. The van der Waals surface area contributed by atoms with Gasteiger partial charge in [0.25, 0.3) is 0 Å². The molecule has 1 rings (SSSR count). The Morgan fingerprint density at radius 2 is 2.00 bits per heavy atom. The van der Waals surface area contributed by atoms with Gasteiger partial charge in [-0.3, -0.25) is 0 Å². The van der Waals surface area contributed by atoms with Crippen LogP contribution in [0.4, 0.5) is 0 Å². The van der Waals surface area contributed by atoms with Crippen LogP contribution >= 0.6 is 0 Å². The number of rotatable bonds is 3. The average molecular weight is 242 g/mol. The topological polar surface area (TPSA) is 42.0 Å². The molecule has 0 aliphatic carbocycles. The first-order chi connectivity index (χ1) is 7.28. The van der Waals surface area contributed by atoms with E-state index in [9.17, 15) is 0 Å². The lowest BCUT2D eigenvalue weighted by Gasteiger charge is -2.35. The van der Waals surface area contributed by atoms with Crippen LogP contribution in [0.25, 0.3) is 0 Å². The third-order valence-corrected chi connectivity index (χ3v) is 7.80. The Bertz CT molecular complexity index is 296. The largest absolute Gasteiger partial charge is 0.406 e. The summed E-state index contributed by atoms with van der Waals surface area (Å²) in [4.78, 5) is 0. The number of hydrogen-bond donors (Lipinski definition) is 1. The zero-order chi connectivity index (χ0) is 12.4. The summed E-state index contributed by atoms with van der Waals surface area (Å²) in [7, 11) is -1.67. The van der Waals surface area contributed by atoms with Crippen LogP contribution in [0.15, 0.2) is 0 Å². The first-order valence-electron chi connectivity index (χ1n) is 5.66. The first kappa shape index (κ1) is 13.7. The Morgan fingerprint density at radius 1 is 1.38 bits per heavy atom. The fourth-order valence-corrected chi connectivity index (χ4v) is 1.85. The standard InChI is InChI=1S/C12H22O3Si/c1-12(2,3)16(4,5)14-8-6-7-10-11(9-13)15-10/h10-11,13H,8-9H2,1-5H3/t10-,11-/m0/s1. The second-order valence-corrected chi connectivity index (χ2v) is 10.5. The van der Waals surface area contributed by atoms with Crippen molar-refractivity contribution < 1.29 is 14.3 Å². The van der Waals surface area contributed by atoms with Gasteiger partial charge in [0.2, 0.25) is 0 Å². The summed E-state index contributed by atoms with van der Waals surface area (Å²) in [5, 5.41) is 8.97. The Balaban J connectivity index is 2.30. The van der Waals surface area contributed by atoms with Crippen LogP contribution in [0.1, 0.15) is 20.8 Å². The number of epoxide rings is 1. The lowest BCUT2D eigenvalue weighted by molar-refractivity contribution is 0.243. The van der Waals surface area contributed by atoms with E-state index >= 15 is 0 Å².